The second-order valence-corrected chi connectivity index (χ2v) is 5.34. The van der Waals surface area contributed by atoms with E-state index >= 15 is 0 Å². The number of nitrogens with zero attached hydrogens (tertiary/aromatic N) is 2. The third kappa shape index (κ3) is 3.32. The third-order valence-corrected chi connectivity index (χ3v) is 2.46. The summed E-state index contributed by atoms with van der Waals surface area (Å²) in [6.45, 7) is 7.63. The predicted molar refractivity (Wildman–Crippen MR) is 72.7 cm³/mol. The van der Waals surface area contributed by atoms with Crippen LogP contribution in [-0.2, 0) is 5.54 Å². The van der Waals surface area contributed by atoms with Gasteiger partial charge in [-0.15, -0.1) is 0 Å². The number of rotatable bonds is 4. The number of hydrogen-bond acceptors (Lipinski definition) is 5. The van der Waals surface area contributed by atoms with Crippen LogP contribution in [0.4, 0.5) is 0 Å². The van der Waals surface area contributed by atoms with Crippen LogP contribution in [0.5, 0.6) is 5.75 Å². The van der Waals surface area contributed by atoms with E-state index in [-0.39, 0.29) is 6.10 Å². The van der Waals surface area contributed by atoms with Crippen molar-refractivity contribution >= 4 is 0 Å². The molecule has 0 aliphatic carbocycles. The van der Waals surface area contributed by atoms with Gasteiger partial charge in [0.05, 0.1) is 11.6 Å². The molecule has 102 valence electrons. The van der Waals surface area contributed by atoms with Gasteiger partial charge < -0.3 is 15.0 Å². The standard InChI is InChI=1S/C14H19N3O2/c1-9(2)18-11-7-5-6-10(8-11)12-16-13(17-19-12)14(3,4)15/h5-9H,15H2,1-4H3. The zero-order valence-electron chi connectivity index (χ0n) is 11.7. The second kappa shape index (κ2) is 5.01. The van der Waals surface area contributed by atoms with Crippen molar-refractivity contribution in [2.75, 3.05) is 0 Å². The molecule has 1 aromatic carbocycles. The van der Waals surface area contributed by atoms with Crippen molar-refractivity contribution in [3.8, 4) is 17.2 Å². The van der Waals surface area contributed by atoms with Gasteiger partial charge in [-0.2, -0.15) is 4.98 Å². The maximum absolute atomic E-state index is 5.93. The Balaban J connectivity index is 2.29. The molecule has 0 atom stereocenters. The van der Waals surface area contributed by atoms with E-state index in [4.69, 9.17) is 15.0 Å². The van der Waals surface area contributed by atoms with Gasteiger partial charge in [-0.3, -0.25) is 0 Å². The highest BCUT2D eigenvalue weighted by molar-refractivity contribution is 5.55. The van der Waals surface area contributed by atoms with Crippen molar-refractivity contribution < 1.29 is 9.26 Å². The molecule has 0 saturated heterocycles. The Labute approximate surface area is 112 Å². The lowest BCUT2D eigenvalue weighted by atomic mass is 10.1. The van der Waals surface area contributed by atoms with E-state index in [1.807, 2.05) is 52.0 Å². The molecule has 0 spiro atoms. The minimum atomic E-state index is -0.617. The lowest BCUT2D eigenvalue weighted by Gasteiger charge is -2.11. The molecule has 19 heavy (non-hydrogen) atoms. The first-order chi connectivity index (χ1) is 8.86. The fraction of sp³-hybridized carbons (Fsp3) is 0.429. The van der Waals surface area contributed by atoms with Gasteiger partial charge in [0, 0.05) is 5.56 Å². The number of hydrogen-bond donors (Lipinski definition) is 1. The first-order valence-corrected chi connectivity index (χ1v) is 6.26. The Hall–Kier alpha value is -1.88. The summed E-state index contributed by atoms with van der Waals surface area (Å²) >= 11 is 0. The van der Waals surface area contributed by atoms with Gasteiger partial charge >= 0.3 is 0 Å². The molecule has 0 unspecified atom stereocenters. The lowest BCUT2D eigenvalue weighted by molar-refractivity contribution is 0.242. The summed E-state index contributed by atoms with van der Waals surface area (Å²) in [5, 5.41) is 3.90. The summed E-state index contributed by atoms with van der Waals surface area (Å²) in [7, 11) is 0. The van der Waals surface area contributed by atoms with Crippen molar-refractivity contribution in [2.45, 2.75) is 39.3 Å². The Morgan fingerprint density at radius 2 is 2.05 bits per heavy atom. The predicted octanol–water partition coefficient (Wildman–Crippen LogP) is 2.72. The summed E-state index contributed by atoms with van der Waals surface area (Å²) in [6, 6.07) is 7.56. The topological polar surface area (TPSA) is 74.2 Å². The highest BCUT2D eigenvalue weighted by Gasteiger charge is 2.22. The van der Waals surface area contributed by atoms with Gasteiger partial charge in [-0.1, -0.05) is 11.2 Å². The molecule has 0 aliphatic heterocycles. The van der Waals surface area contributed by atoms with E-state index in [9.17, 15) is 0 Å². The Kier molecular flexibility index (Phi) is 3.57. The highest BCUT2D eigenvalue weighted by Crippen LogP contribution is 2.24. The molecule has 5 heteroatoms. The van der Waals surface area contributed by atoms with Gasteiger partial charge in [0.1, 0.15) is 5.75 Å². The Morgan fingerprint density at radius 3 is 2.63 bits per heavy atom. The molecule has 0 radical (unpaired) electrons. The van der Waals surface area contributed by atoms with Crippen LogP contribution in [0.25, 0.3) is 11.5 Å². The summed E-state index contributed by atoms with van der Waals surface area (Å²) in [5.41, 5.74) is 6.14. The molecule has 0 aliphatic rings. The summed E-state index contributed by atoms with van der Waals surface area (Å²) in [6.07, 6.45) is 0.122. The zero-order chi connectivity index (χ0) is 14.0. The van der Waals surface area contributed by atoms with Gasteiger partial charge in [0.25, 0.3) is 5.89 Å². The maximum Gasteiger partial charge on any atom is 0.258 e. The molecule has 2 N–H and O–H groups in total. The van der Waals surface area contributed by atoms with Crippen molar-refractivity contribution in [1.29, 1.82) is 0 Å². The number of ether oxygens (including phenoxy) is 1. The largest absolute Gasteiger partial charge is 0.491 e. The van der Waals surface area contributed by atoms with E-state index in [2.05, 4.69) is 10.1 Å². The van der Waals surface area contributed by atoms with Crippen molar-refractivity contribution in [2.24, 2.45) is 5.73 Å². The monoisotopic (exact) mass is 261 g/mol. The molecular weight excluding hydrogens is 242 g/mol. The van der Waals surface area contributed by atoms with Gasteiger partial charge in [0.15, 0.2) is 5.82 Å². The quantitative estimate of drug-likeness (QED) is 0.916. The third-order valence-electron chi connectivity index (χ3n) is 2.46. The van der Waals surface area contributed by atoms with Crippen LogP contribution in [0.1, 0.15) is 33.5 Å². The Morgan fingerprint density at radius 1 is 1.32 bits per heavy atom. The van der Waals surface area contributed by atoms with Crippen LogP contribution in [0.2, 0.25) is 0 Å². The van der Waals surface area contributed by atoms with Crippen LogP contribution >= 0.6 is 0 Å². The van der Waals surface area contributed by atoms with Crippen LogP contribution in [0, 0.1) is 0 Å². The minimum absolute atomic E-state index is 0.122. The van der Waals surface area contributed by atoms with Crippen LogP contribution < -0.4 is 10.5 Å². The molecule has 0 saturated carbocycles. The normalized spacial score (nSPS) is 11.9. The lowest BCUT2D eigenvalue weighted by Crippen LogP contribution is -2.30. The fourth-order valence-electron chi connectivity index (χ4n) is 1.58. The van der Waals surface area contributed by atoms with Crippen LogP contribution in [-0.4, -0.2) is 16.2 Å². The molecular formula is C14H19N3O2. The van der Waals surface area contributed by atoms with Gasteiger partial charge in [0.2, 0.25) is 0 Å². The van der Waals surface area contributed by atoms with E-state index in [1.165, 1.54) is 0 Å². The first-order valence-electron chi connectivity index (χ1n) is 6.26. The molecule has 2 aromatic rings. The van der Waals surface area contributed by atoms with E-state index in [0.717, 1.165) is 11.3 Å². The van der Waals surface area contributed by atoms with E-state index in [1.54, 1.807) is 0 Å². The average Bonchev–Trinajstić information content (AvgIpc) is 2.77. The maximum atomic E-state index is 5.93. The first kappa shape index (κ1) is 13.5. The molecule has 0 fully saturated rings. The second-order valence-electron chi connectivity index (χ2n) is 5.34. The number of aromatic nitrogens is 2. The highest BCUT2D eigenvalue weighted by atomic mass is 16.5. The molecule has 0 amide bonds. The summed E-state index contributed by atoms with van der Waals surface area (Å²) in [4.78, 5) is 4.31. The van der Waals surface area contributed by atoms with Crippen molar-refractivity contribution in [3.63, 3.8) is 0 Å². The fourth-order valence-corrected chi connectivity index (χ4v) is 1.58. The SMILES string of the molecule is CC(C)Oc1cccc(-c2nc(C(C)(C)N)no2)c1. The van der Waals surface area contributed by atoms with E-state index in [0.29, 0.717) is 11.7 Å². The number of benzene rings is 1. The molecule has 2 rings (SSSR count). The van der Waals surface area contributed by atoms with Crippen LogP contribution in [0.15, 0.2) is 28.8 Å². The zero-order valence-corrected chi connectivity index (χ0v) is 11.7. The molecule has 0 bridgehead atoms. The van der Waals surface area contributed by atoms with E-state index < -0.39 is 5.54 Å². The van der Waals surface area contributed by atoms with Crippen LogP contribution in [0.3, 0.4) is 0 Å². The molecule has 1 heterocycles. The average molecular weight is 261 g/mol. The summed E-state index contributed by atoms with van der Waals surface area (Å²) < 4.78 is 10.9. The smallest absolute Gasteiger partial charge is 0.258 e. The van der Waals surface area contributed by atoms with Gasteiger partial charge in [-0.05, 0) is 45.9 Å². The molecule has 1 aromatic heterocycles. The number of nitrogens with two attached hydrogens (primary N) is 1. The minimum Gasteiger partial charge on any atom is -0.491 e. The van der Waals surface area contributed by atoms with Gasteiger partial charge in [-0.25, -0.2) is 0 Å². The van der Waals surface area contributed by atoms with Crippen molar-refractivity contribution in [3.05, 3.63) is 30.1 Å². The molecule has 5 nitrogen and oxygen atoms in total. The Bertz CT molecular complexity index is 556. The van der Waals surface area contributed by atoms with Crippen molar-refractivity contribution in [1.82, 2.24) is 10.1 Å². The summed E-state index contributed by atoms with van der Waals surface area (Å²) in [5.74, 6) is 1.71.